The summed E-state index contributed by atoms with van der Waals surface area (Å²) in [6, 6.07) is 7.09. The van der Waals surface area contributed by atoms with Gasteiger partial charge in [-0.05, 0) is 18.9 Å². The second kappa shape index (κ2) is 5.07. The van der Waals surface area contributed by atoms with E-state index in [1.807, 2.05) is 0 Å². The normalized spacial score (nSPS) is 23.5. The molecule has 4 nitrogen and oxygen atoms in total. The van der Waals surface area contributed by atoms with Gasteiger partial charge in [-0.15, -0.1) is 0 Å². The molecule has 1 aromatic rings. The lowest BCUT2D eigenvalue weighted by molar-refractivity contribution is 0.430. The van der Waals surface area contributed by atoms with Crippen LogP contribution >= 0.6 is 0 Å². The number of nitrogens with zero attached hydrogens (tertiary/aromatic N) is 1. The number of benzene rings is 1. The summed E-state index contributed by atoms with van der Waals surface area (Å²) in [5.41, 5.74) is 0.742. The largest absolute Gasteiger partial charge is 0.508 e. The van der Waals surface area contributed by atoms with Crippen LogP contribution < -0.4 is 5.32 Å². The van der Waals surface area contributed by atoms with Gasteiger partial charge in [-0.1, -0.05) is 12.5 Å². The maximum atomic E-state index is 9.62. The van der Waals surface area contributed by atoms with Crippen molar-refractivity contribution in [1.29, 1.82) is 5.26 Å². The van der Waals surface area contributed by atoms with Crippen LogP contribution in [0.3, 0.4) is 0 Å². The summed E-state index contributed by atoms with van der Waals surface area (Å²) >= 11 is 0. The predicted octanol–water partition coefficient (Wildman–Crippen LogP) is 1.88. The SMILES string of the molecule is N#CC1CCCC1NCc1ccc(O)cc1O. The van der Waals surface area contributed by atoms with E-state index < -0.39 is 0 Å². The minimum absolute atomic E-state index is 0.0574. The van der Waals surface area contributed by atoms with E-state index in [-0.39, 0.29) is 23.5 Å². The molecule has 2 rings (SSSR count). The standard InChI is InChI=1S/C13H16N2O2/c14-7-9-2-1-3-12(9)15-8-10-4-5-11(16)6-13(10)17/h4-6,9,12,15-17H,1-3,8H2. The third-order valence-electron chi connectivity index (χ3n) is 3.31. The van der Waals surface area contributed by atoms with Gasteiger partial charge in [0.05, 0.1) is 12.0 Å². The van der Waals surface area contributed by atoms with Crippen molar-refractivity contribution in [2.75, 3.05) is 0 Å². The van der Waals surface area contributed by atoms with E-state index in [0.717, 1.165) is 24.8 Å². The highest BCUT2D eigenvalue weighted by atomic mass is 16.3. The van der Waals surface area contributed by atoms with E-state index in [0.29, 0.717) is 6.54 Å². The van der Waals surface area contributed by atoms with E-state index in [1.54, 1.807) is 12.1 Å². The zero-order valence-corrected chi connectivity index (χ0v) is 9.56. The van der Waals surface area contributed by atoms with Gasteiger partial charge in [0.1, 0.15) is 11.5 Å². The molecule has 4 heteroatoms. The lowest BCUT2D eigenvalue weighted by Crippen LogP contribution is -2.31. The Kier molecular flexibility index (Phi) is 3.50. The second-order valence-corrected chi connectivity index (χ2v) is 4.47. The van der Waals surface area contributed by atoms with Crippen LogP contribution in [0.1, 0.15) is 24.8 Å². The van der Waals surface area contributed by atoms with Gasteiger partial charge in [0.25, 0.3) is 0 Å². The van der Waals surface area contributed by atoms with Crippen molar-refractivity contribution < 1.29 is 10.2 Å². The number of nitriles is 1. The number of phenols is 2. The van der Waals surface area contributed by atoms with Crippen molar-refractivity contribution >= 4 is 0 Å². The lowest BCUT2D eigenvalue weighted by atomic mass is 10.1. The van der Waals surface area contributed by atoms with Gasteiger partial charge >= 0.3 is 0 Å². The van der Waals surface area contributed by atoms with Crippen LogP contribution in [0.2, 0.25) is 0 Å². The van der Waals surface area contributed by atoms with E-state index in [4.69, 9.17) is 5.26 Å². The Hall–Kier alpha value is -1.73. The average Bonchev–Trinajstić information content (AvgIpc) is 2.75. The number of hydrogen-bond acceptors (Lipinski definition) is 4. The number of hydrogen-bond donors (Lipinski definition) is 3. The maximum absolute atomic E-state index is 9.62. The highest BCUT2D eigenvalue weighted by molar-refractivity contribution is 5.38. The Bertz CT molecular complexity index is 440. The van der Waals surface area contributed by atoms with Crippen LogP contribution in [0.25, 0.3) is 0 Å². The number of phenolic OH excluding ortho intramolecular Hbond substituents is 2. The monoisotopic (exact) mass is 232 g/mol. The molecule has 1 aliphatic carbocycles. The summed E-state index contributed by atoms with van der Waals surface area (Å²) in [7, 11) is 0. The number of rotatable bonds is 3. The van der Waals surface area contributed by atoms with Crippen molar-refractivity contribution in [3.05, 3.63) is 23.8 Å². The van der Waals surface area contributed by atoms with Crippen molar-refractivity contribution in [2.24, 2.45) is 5.92 Å². The maximum Gasteiger partial charge on any atom is 0.123 e. The van der Waals surface area contributed by atoms with Crippen LogP contribution in [0, 0.1) is 17.2 Å². The molecule has 1 saturated carbocycles. The Balaban J connectivity index is 1.96. The number of nitrogens with one attached hydrogen (secondary N) is 1. The van der Waals surface area contributed by atoms with Crippen LogP contribution in [-0.2, 0) is 6.54 Å². The Morgan fingerprint density at radius 2 is 2.18 bits per heavy atom. The van der Waals surface area contributed by atoms with Gasteiger partial charge < -0.3 is 15.5 Å². The zero-order chi connectivity index (χ0) is 12.3. The highest BCUT2D eigenvalue weighted by Gasteiger charge is 2.26. The molecule has 1 aliphatic rings. The third kappa shape index (κ3) is 2.69. The number of aromatic hydroxyl groups is 2. The first kappa shape index (κ1) is 11.7. The molecule has 17 heavy (non-hydrogen) atoms. The van der Waals surface area contributed by atoms with Gasteiger partial charge in [0.15, 0.2) is 0 Å². The molecular formula is C13H16N2O2. The average molecular weight is 232 g/mol. The molecule has 0 spiro atoms. The fourth-order valence-corrected chi connectivity index (χ4v) is 2.30. The van der Waals surface area contributed by atoms with Gasteiger partial charge in [-0.25, -0.2) is 0 Å². The van der Waals surface area contributed by atoms with Crippen molar-refractivity contribution in [1.82, 2.24) is 5.32 Å². The fraction of sp³-hybridized carbons (Fsp3) is 0.462. The van der Waals surface area contributed by atoms with E-state index in [1.165, 1.54) is 6.07 Å². The molecule has 1 fully saturated rings. The quantitative estimate of drug-likeness (QED) is 0.743. The van der Waals surface area contributed by atoms with E-state index in [2.05, 4.69) is 11.4 Å². The first-order chi connectivity index (χ1) is 8.20. The summed E-state index contributed by atoms with van der Waals surface area (Å²) in [6.07, 6.45) is 3.05. The minimum Gasteiger partial charge on any atom is -0.508 e. The molecule has 0 aromatic heterocycles. The molecule has 2 unspecified atom stereocenters. The lowest BCUT2D eigenvalue weighted by Gasteiger charge is -2.16. The molecule has 0 heterocycles. The molecule has 90 valence electrons. The summed E-state index contributed by atoms with van der Waals surface area (Å²) in [5, 5.41) is 31.0. The van der Waals surface area contributed by atoms with Crippen molar-refractivity contribution in [3.63, 3.8) is 0 Å². The molecule has 0 bridgehead atoms. The smallest absolute Gasteiger partial charge is 0.123 e. The molecule has 0 aliphatic heterocycles. The fourth-order valence-electron chi connectivity index (χ4n) is 2.30. The first-order valence-corrected chi connectivity index (χ1v) is 5.84. The predicted molar refractivity (Wildman–Crippen MR) is 63.4 cm³/mol. The minimum atomic E-state index is 0.0574. The summed E-state index contributed by atoms with van der Waals surface area (Å²) in [4.78, 5) is 0. The van der Waals surface area contributed by atoms with Crippen LogP contribution in [-0.4, -0.2) is 16.3 Å². The molecule has 3 N–H and O–H groups in total. The summed E-state index contributed by atoms with van der Waals surface area (Å²) < 4.78 is 0. The first-order valence-electron chi connectivity index (χ1n) is 5.84. The van der Waals surface area contributed by atoms with Crippen molar-refractivity contribution in [2.45, 2.75) is 31.8 Å². The second-order valence-electron chi connectivity index (χ2n) is 4.47. The Labute approximate surface area is 101 Å². The van der Waals surface area contributed by atoms with Gasteiger partial charge in [0, 0.05) is 24.2 Å². The van der Waals surface area contributed by atoms with Gasteiger partial charge in [-0.3, -0.25) is 0 Å². The molecule has 2 atom stereocenters. The third-order valence-corrected chi connectivity index (χ3v) is 3.31. The Morgan fingerprint density at radius 3 is 2.88 bits per heavy atom. The van der Waals surface area contributed by atoms with E-state index in [9.17, 15) is 10.2 Å². The van der Waals surface area contributed by atoms with Gasteiger partial charge in [0.2, 0.25) is 0 Å². The molecular weight excluding hydrogens is 216 g/mol. The van der Waals surface area contributed by atoms with Crippen LogP contribution in [0.4, 0.5) is 0 Å². The van der Waals surface area contributed by atoms with Crippen LogP contribution in [0.15, 0.2) is 18.2 Å². The Morgan fingerprint density at radius 1 is 1.35 bits per heavy atom. The molecule has 0 saturated heterocycles. The molecule has 0 amide bonds. The highest BCUT2D eigenvalue weighted by Crippen LogP contribution is 2.27. The zero-order valence-electron chi connectivity index (χ0n) is 9.56. The van der Waals surface area contributed by atoms with E-state index >= 15 is 0 Å². The topological polar surface area (TPSA) is 76.3 Å². The molecule has 0 radical (unpaired) electrons. The van der Waals surface area contributed by atoms with Crippen LogP contribution in [0.5, 0.6) is 11.5 Å². The van der Waals surface area contributed by atoms with Gasteiger partial charge in [-0.2, -0.15) is 5.26 Å². The van der Waals surface area contributed by atoms with Crippen molar-refractivity contribution in [3.8, 4) is 17.6 Å². The summed E-state index contributed by atoms with van der Waals surface area (Å²) in [5.74, 6) is 0.222. The molecule has 1 aromatic carbocycles. The summed E-state index contributed by atoms with van der Waals surface area (Å²) in [6.45, 7) is 0.523.